The highest BCUT2D eigenvalue weighted by atomic mass is 35.5. The molecule has 8 heteroatoms. The Hall–Kier alpha value is -3.68. The number of carbonyl (C=O) groups is 4. The number of halogens is 2. The highest BCUT2D eigenvalue weighted by molar-refractivity contribution is 6.37. The minimum absolute atomic E-state index is 0.147. The van der Waals surface area contributed by atoms with E-state index in [9.17, 15) is 23.6 Å². The Labute approximate surface area is 204 Å². The van der Waals surface area contributed by atoms with E-state index in [1.807, 2.05) is 0 Å². The number of ether oxygens (including phenoxy) is 1. The summed E-state index contributed by atoms with van der Waals surface area (Å²) in [6.45, 7) is 1.73. The van der Waals surface area contributed by atoms with Gasteiger partial charge in [-0.3, -0.25) is 19.2 Å². The molecule has 3 unspecified atom stereocenters. The van der Waals surface area contributed by atoms with Crippen molar-refractivity contribution in [1.82, 2.24) is 0 Å². The fraction of sp³-hybridized carbons (Fsp3) is 0.185. The summed E-state index contributed by atoms with van der Waals surface area (Å²) in [7, 11) is 0. The van der Waals surface area contributed by atoms with Crippen LogP contribution in [0.15, 0.2) is 66.7 Å². The molecule has 174 valence electrons. The summed E-state index contributed by atoms with van der Waals surface area (Å²) in [6.07, 6.45) is -1.11. The van der Waals surface area contributed by atoms with Crippen molar-refractivity contribution in [2.75, 3.05) is 4.90 Å². The second kappa shape index (κ2) is 7.41. The Morgan fingerprint density at radius 3 is 2.14 bits per heavy atom. The van der Waals surface area contributed by atoms with Gasteiger partial charge in [0, 0.05) is 16.1 Å². The lowest BCUT2D eigenvalue weighted by molar-refractivity contribution is -0.127. The van der Waals surface area contributed by atoms with E-state index in [2.05, 4.69) is 0 Å². The van der Waals surface area contributed by atoms with Gasteiger partial charge in [0.15, 0.2) is 0 Å². The van der Waals surface area contributed by atoms with Gasteiger partial charge in [-0.15, -0.1) is 0 Å². The average Bonchev–Trinajstić information content (AvgIpc) is 3.41. The Balaban J connectivity index is 1.56. The predicted octanol–water partition coefficient (Wildman–Crippen LogP) is 4.48. The molecule has 6 nitrogen and oxygen atoms in total. The number of carbonyl (C=O) groups excluding carboxylic acids is 4. The monoisotopic (exact) mass is 489 g/mol. The van der Waals surface area contributed by atoms with E-state index in [4.69, 9.17) is 16.3 Å². The first kappa shape index (κ1) is 21.8. The van der Waals surface area contributed by atoms with E-state index in [1.165, 1.54) is 42.5 Å². The van der Waals surface area contributed by atoms with Crippen LogP contribution >= 0.6 is 11.6 Å². The van der Waals surface area contributed by atoms with E-state index < -0.39 is 52.7 Å². The standard InChI is InChI=1S/C27H17ClFNO5/c1-13-6-9-15(28)12-19(13)30-25(33)20-21(26(30)34)27(35-22(20)14-7-10-16(29)11-8-14)23(31)17-4-2-3-5-18(17)24(27)32/h2-12,20-22H,1H3. The number of hydrogen-bond acceptors (Lipinski definition) is 5. The largest absolute Gasteiger partial charge is 0.349 e. The quantitative estimate of drug-likeness (QED) is 0.391. The minimum atomic E-state index is -2.18. The third kappa shape index (κ3) is 2.79. The van der Waals surface area contributed by atoms with E-state index in [0.717, 1.165) is 4.90 Å². The molecule has 0 N–H and O–H groups in total. The molecule has 6 rings (SSSR count). The van der Waals surface area contributed by atoms with Gasteiger partial charge in [-0.1, -0.05) is 54.1 Å². The molecule has 0 radical (unpaired) electrons. The van der Waals surface area contributed by atoms with Crippen molar-refractivity contribution in [2.45, 2.75) is 18.6 Å². The van der Waals surface area contributed by atoms with Gasteiger partial charge in [-0.05, 0) is 42.3 Å². The number of anilines is 1. The zero-order valence-corrected chi connectivity index (χ0v) is 19.1. The lowest BCUT2D eigenvalue weighted by Crippen LogP contribution is -2.51. The molecule has 2 fully saturated rings. The van der Waals surface area contributed by atoms with Crippen molar-refractivity contribution in [3.05, 3.63) is 99.8 Å². The van der Waals surface area contributed by atoms with Gasteiger partial charge in [0.05, 0.1) is 23.6 Å². The number of aryl methyl sites for hydroxylation is 1. The Bertz CT molecular complexity index is 1430. The number of fused-ring (bicyclic) bond motifs is 3. The third-order valence-corrected chi connectivity index (χ3v) is 7.36. The van der Waals surface area contributed by atoms with Crippen molar-refractivity contribution in [3.8, 4) is 0 Å². The molecular weight excluding hydrogens is 473 g/mol. The average molecular weight is 490 g/mol. The topological polar surface area (TPSA) is 80.8 Å². The molecule has 0 aromatic heterocycles. The van der Waals surface area contributed by atoms with Crippen molar-refractivity contribution in [2.24, 2.45) is 11.8 Å². The zero-order chi connectivity index (χ0) is 24.6. The van der Waals surface area contributed by atoms with E-state index >= 15 is 0 Å². The number of rotatable bonds is 2. The molecule has 0 bridgehead atoms. The molecule has 1 aliphatic carbocycles. The Morgan fingerprint density at radius 2 is 1.51 bits per heavy atom. The lowest BCUT2D eigenvalue weighted by Gasteiger charge is -2.27. The maximum absolute atomic E-state index is 13.9. The SMILES string of the molecule is Cc1ccc(Cl)cc1N1C(=O)C2C(c3ccc(F)cc3)OC3(C(=O)c4ccccc4C3=O)C2C1=O. The predicted molar refractivity (Wildman–Crippen MR) is 124 cm³/mol. The van der Waals surface area contributed by atoms with E-state index in [0.29, 0.717) is 16.1 Å². The van der Waals surface area contributed by atoms with Crippen LogP contribution in [0.25, 0.3) is 0 Å². The molecule has 0 saturated carbocycles. The van der Waals surface area contributed by atoms with Crippen LogP contribution in [0.2, 0.25) is 5.02 Å². The first-order valence-electron chi connectivity index (χ1n) is 11.0. The molecule has 2 amide bonds. The number of hydrogen-bond donors (Lipinski definition) is 0. The van der Waals surface area contributed by atoms with Gasteiger partial charge in [0.25, 0.3) is 0 Å². The number of amides is 2. The van der Waals surface area contributed by atoms with Crippen LogP contribution in [0.1, 0.15) is 37.9 Å². The second-order valence-electron chi connectivity index (χ2n) is 8.98. The Kier molecular flexibility index (Phi) is 4.62. The van der Waals surface area contributed by atoms with Crippen LogP contribution in [0, 0.1) is 24.6 Å². The summed E-state index contributed by atoms with van der Waals surface area (Å²) >= 11 is 6.16. The minimum Gasteiger partial charge on any atom is -0.349 e. The number of nitrogens with zero attached hydrogens (tertiary/aromatic N) is 1. The first-order chi connectivity index (χ1) is 16.8. The fourth-order valence-corrected chi connectivity index (χ4v) is 5.70. The summed E-state index contributed by atoms with van der Waals surface area (Å²) in [6, 6.07) is 16.3. The number of Topliss-reactive ketones (excluding diaryl/α,β-unsaturated/α-hetero) is 2. The van der Waals surface area contributed by atoms with Crippen LogP contribution in [-0.2, 0) is 14.3 Å². The van der Waals surface area contributed by atoms with Crippen molar-refractivity contribution >= 4 is 40.7 Å². The summed E-state index contributed by atoms with van der Waals surface area (Å²) in [5.41, 5.74) is -0.591. The van der Waals surface area contributed by atoms with Gasteiger partial charge in [0.1, 0.15) is 5.82 Å². The Morgan fingerprint density at radius 1 is 0.886 bits per heavy atom. The number of benzene rings is 3. The van der Waals surface area contributed by atoms with Gasteiger partial charge >= 0.3 is 0 Å². The van der Waals surface area contributed by atoms with Crippen LogP contribution in [0.3, 0.4) is 0 Å². The first-order valence-corrected chi connectivity index (χ1v) is 11.4. The number of imide groups is 1. The van der Waals surface area contributed by atoms with E-state index in [1.54, 1.807) is 31.2 Å². The van der Waals surface area contributed by atoms with Crippen LogP contribution < -0.4 is 4.90 Å². The van der Waals surface area contributed by atoms with Crippen molar-refractivity contribution in [3.63, 3.8) is 0 Å². The molecular formula is C27H17ClFNO5. The molecule has 1 spiro atoms. The lowest BCUT2D eigenvalue weighted by atomic mass is 9.77. The normalized spacial score (nSPS) is 24.4. The van der Waals surface area contributed by atoms with Gasteiger partial charge in [-0.2, -0.15) is 0 Å². The van der Waals surface area contributed by atoms with Gasteiger partial charge in [0.2, 0.25) is 29.0 Å². The zero-order valence-electron chi connectivity index (χ0n) is 18.3. The summed E-state index contributed by atoms with van der Waals surface area (Å²) in [5.74, 6) is -5.64. The van der Waals surface area contributed by atoms with Crippen molar-refractivity contribution < 1.29 is 28.3 Å². The fourth-order valence-electron chi connectivity index (χ4n) is 5.53. The van der Waals surface area contributed by atoms with Crippen LogP contribution in [0.5, 0.6) is 0 Å². The van der Waals surface area contributed by atoms with Gasteiger partial charge < -0.3 is 4.74 Å². The third-order valence-electron chi connectivity index (χ3n) is 7.13. The van der Waals surface area contributed by atoms with Crippen molar-refractivity contribution in [1.29, 1.82) is 0 Å². The molecule has 2 heterocycles. The van der Waals surface area contributed by atoms with Crippen LogP contribution in [0.4, 0.5) is 10.1 Å². The van der Waals surface area contributed by atoms with Gasteiger partial charge in [-0.25, -0.2) is 9.29 Å². The molecule has 2 saturated heterocycles. The molecule has 3 aromatic carbocycles. The summed E-state index contributed by atoms with van der Waals surface area (Å²) < 4.78 is 19.8. The molecule has 3 aromatic rings. The summed E-state index contributed by atoms with van der Waals surface area (Å²) in [5, 5.41) is 0.324. The smallest absolute Gasteiger partial charge is 0.241 e. The molecule has 3 atom stereocenters. The summed E-state index contributed by atoms with van der Waals surface area (Å²) in [4.78, 5) is 56.2. The van der Waals surface area contributed by atoms with Crippen LogP contribution in [-0.4, -0.2) is 29.0 Å². The molecule has 3 aliphatic rings. The maximum atomic E-state index is 13.9. The highest BCUT2D eigenvalue weighted by Crippen LogP contribution is 2.57. The van der Waals surface area contributed by atoms with E-state index in [-0.39, 0.29) is 16.8 Å². The maximum Gasteiger partial charge on any atom is 0.241 e. The molecule has 2 aliphatic heterocycles. The highest BCUT2D eigenvalue weighted by Gasteiger charge is 2.74. The number of ketones is 2. The molecule has 35 heavy (non-hydrogen) atoms. The second-order valence-corrected chi connectivity index (χ2v) is 9.41.